The largest absolute Gasteiger partial charge is 0.497 e. The van der Waals surface area contributed by atoms with Crippen LogP contribution >= 0.6 is 0 Å². The maximum Gasteiger partial charge on any atom is 0.192 e. The van der Waals surface area contributed by atoms with Gasteiger partial charge < -0.3 is 9.47 Å². The van der Waals surface area contributed by atoms with Gasteiger partial charge in [-0.3, -0.25) is 0 Å². The fourth-order valence-corrected chi connectivity index (χ4v) is 3.38. The highest BCUT2D eigenvalue weighted by Crippen LogP contribution is 2.25. The van der Waals surface area contributed by atoms with E-state index >= 15 is 0 Å². The number of nitriles is 1. The number of halogens is 1. The molecular formula is C18H16FNO4S. The first-order valence-corrected chi connectivity index (χ1v) is 8.85. The van der Waals surface area contributed by atoms with Gasteiger partial charge in [0, 0.05) is 6.07 Å². The van der Waals surface area contributed by atoms with Crippen LogP contribution in [0.2, 0.25) is 0 Å². The molecule has 0 saturated carbocycles. The van der Waals surface area contributed by atoms with E-state index in [4.69, 9.17) is 9.47 Å². The van der Waals surface area contributed by atoms with Crippen molar-refractivity contribution < 1.29 is 22.3 Å². The lowest BCUT2D eigenvalue weighted by molar-refractivity contribution is 0.394. The number of allylic oxidation sites excluding steroid dienone is 1. The molecule has 25 heavy (non-hydrogen) atoms. The van der Waals surface area contributed by atoms with Crippen LogP contribution in [0, 0.1) is 17.1 Å². The van der Waals surface area contributed by atoms with Crippen LogP contribution in [-0.4, -0.2) is 22.6 Å². The van der Waals surface area contributed by atoms with E-state index in [1.807, 2.05) is 0 Å². The van der Waals surface area contributed by atoms with Crippen molar-refractivity contribution in [2.75, 3.05) is 14.2 Å². The van der Waals surface area contributed by atoms with Gasteiger partial charge in [0.25, 0.3) is 0 Å². The van der Waals surface area contributed by atoms with Crippen LogP contribution in [0.1, 0.15) is 11.1 Å². The minimum Gasteiger partial charge on any atom is -0.497 e. The third-order valence-corrected chi connectivity index (χ3v) is 4.98. The predicted octanol–water partition coefficient (Wildman–Crippen LogP) is 3.32. The van der Waals surface area contributed by atoms with Crippen LogP contribution in [0.15, 0.2) is 47.4 Å². The summed E-state index contributed by atoms with van der Waals surface area (Å²) in [5, 5.41) is 9.28. The van der Waals surface area contributed by atoms with Crippen molar-refractivity contribution in [3.05, 3.63) is 64.3 Å². The molecule has 0 heterocycles. The second-order valence-corrected chi connectivity index (χ2v) is 7.11. The lowest BCUT2D eigenvalue weighted by atomic mass is 10.2. The summed E-state index contributed by atoms with van der Waals surface area (Å²) < 4.78 is 48.2. The maximum absolute atomic E-state index is 12.9. The van der Waals surface area contributed by atoms with Crippen molar-refractivity contribution in [2.24, 2.45) is 0 Å². The number of hydrogen-bond donors (Lipinski definition) is 0. The van der Waals surface area contributed by atoms with Crippen molar-refractivity contribution in [2.45, 2.75) is 5.75 Å². The molecular weight excluding hydrogens is 345 g/mol. The van der Waals surface area contributed by atoms with Gasteiger partial charge in [-0.25, -0.2) is 12.8 Å². The smallest absolute Gasteiger partial charge is 0.192 e. The van der Waals surface area contributed by atoms with E-state index in [9.17, 15) is 18.1 Å². The fourth-order valence-electron chi connectivity index (χ4n) is 2.13. The van der Waals surface area contributed by atoms with E-state index < -0.39 is 26.3 Å². The normalized spacial score (nSPS) is 11.7. The van der Waals surface area contributed by atoms with Crippen molar-refractivity contribution in [3.8, 4) is 17.6 Å². The molecule has 0 radical (unpaired) electrons. The Hall–Kier alpha value is -2.85. The molecule has 0 aromatic heterocycles. The average Bonchev–Trinajstić information content (AvgIpc) is 2.60. The molecule has 7 heteroatoms. The molecule has 0 atom stereocenters. The number of hydrogen-bond acceptors (Lipinski definition) is 5. The number of benzene rings is 2. The number of sulfone groups is 1. The van der Waals surface area contributed by atoms with Gasteiger partial charge in [0.1, 0.15) is 28.3 Å². The molecule has 0 saturated heterocycles. The van der Waals surface area contributed by atoms with Crippen LogP contribution in [0.3, 0.4) is 0 Å². The molecule has 130 valence electrons. The van der Waals surface area contributed by atoms with Crippen LogP contribution in [0.4, 0.5) is 4.39 Å². The Morgan fingerprint density at radius 1 is 1.12 bits per heavy atom. The summed E-state index contributed by atoms with van der Waals surface area (Å²) in [7, 11) is -0.938. The number of nitrogens with zero attached hydrogens (tertiary/aromatic N) is 1. The van der Waals surface area contributed by atoms with E-state index in [-0.39, 0.29) is 0 Å². The predicted molar refractivity (Wildman–Crippen MR) is 92.2 cm³/mol. The molecule has 2 rings (SSSR count). The Labute approximate surface area is 145 Å². The molecule has 2 aromatic rings. The zero-order valence-corrected chi connectivity index (χ0v) is 14.5. The second kappa shape index (κ2) is 7.81. The SMILES string of the molecule is COc1cc(/C=C(\C#N)S(=O)(=O)Cc2ccc(F)cc2)cc(OC)c1. The number of ether oxygens (including phenoxy) is 2. The van der Waals surface area contributed by atoms with E-state index in [2.05, 4.69) is 0 Å². The standard InChI is InChI=1S/C18H16FNO4S/c1-23-16-7-14(8-17(10-16)24-2)9-18(11-20)25(21,22)12-13-3-5-15(19)6-4-13/h3-10H,12H2,1-2H3/b18-9+. The highest BCUT2D eigenvalue weighted by molar-refractivity contribution is 7.95. The van der Waals surface area contributed by atoms with Gasteiger partial charge in [0.05, 0.1) is 20.0 Å². The second-order valence-electron chi connectivity index (χ2n) is 5.15. The maximum atomic E-state index is 12.9. The third-order valence-electron chi connectivity index (χ3n) is 3.39. The van der Waals surface area contributed by atoms with Crippen molar-refractivity contribution in [1.82, 2.24) is 0 Å². The summed E-state index contributed by atoms with van der Waals surface area (Å²) in [4.78, 5) is -0.396. The first-order chi connectivity index (χ1) is 11.9. The Morgan fingerprint density at radius 3 is 2.16 bits per heavy atom. The Bertz CT molecular complexity index is 906. The van der Waals surface area contributed by atoms with Crippen molar-refractivity contribution >= 4 is 15.9 Å². The van der Waals surface area contributed by atoms with Gasteiger partial charge >= 0.3 is 0 Å². The van der Waals surface area contributed by atoms with Gasteiger partial charge in [-0.1, -0.05) is 12.1 Å². The van der Waals surface area contributed by atoms with Crippen LogP contribution in [0.5, 0.6) is 11.5 Å². The van der Waals surface area contributed by atoms with Crippen LogP contribution < -0.4 is 9.47 Å². The lowest BCUT2D eigenvalue weighted by Crippen LogP contribution is -2.06. The molecule has 0 spiro atoms. The van der Waals surface area contributed by atoms with E-state index in [0.717, 1.165) is 0 Å². The minimum absolute atomic E-state index is 0.394. The van der Waals surface area contributed by atoms with Crippen molar-refractivity contribution in [1.29, 1.82) is 5.26 Å². The highest BCUT2D eigenvalue weighted by atomic mass is 32.2. The van der Waals surface area contributed by atoms with Crippen LogP contribution in [0.25, 0.3) is 6.08 Å². The van der Waals surface area contributed by atoms with Crippen molar-refractivity contribution in [3.63, 3.8) is 0 Å². The van der Waals surface area contributed by atoms with Gasteiger partial charge in [-0.15, -0.1) is 0 Å². The van der Waals surface area contributed by atoms with Gasteiger partial charge in [0.2, 0.25) is 0 Å². The third kappa shape index (κ3) is 4.81. The quantitative estimate of drug-likeness (QED) is 0.738. The summed E-state index contributed by atoms with van der Waals surface area (Å²) in [5.41, 5.74) is 0.848. The molecule has 0 amide bonds. The Balaban J connectivity index is 2.39. The lowest BCUT2D eigenvalue weighted by Gasteiger charge is -2.07. The van der Waals surface area contributed by atoms with E-state index in [1.165, 1.54) is 44.6 Å². The summed E-state index contributed by atoms with van der Waals surface area (Å²) in [6.07, 6.45) is 1.25. The summed E-state index contributed by atoms with van der Waals surface area (Å²) in [6, 6.07) is 11.6. The number of rotatable bonds is 6. The molecule has 5 nitrogen and oxygen atoms in total. The Kier molecular flexibility index (Phi) is 5.78. The topological polar surface area (TPSA) is 76.4 Å². The van der Waals surface area contributed by atoms with Gasteiger partial charge in [-0.2, -0.15) is 5.26 Å². The minimum atomic E-state index is -3.88. The molecule has 0 aliphatic heterocycles. The van der Waals surface area contributed by atoms with Crippen LogP contribution in [-0.2, 0) is 15.6 Å². The first-order valence-electron chi connectivity index (χ1n) is 7.20. The summed E-state index contributed by atoms with van der Waals surface area (Å²) >= 11 is 0. The summed E-state index contributed by atoms with van der Waals surface area (Å²) in [5.74, 6) is 0.0895. The Morgan fingerprint density at radius 2 is 1.68 bits per heavy atom. The monoisotopic (exact) mass is 361 g/mol. The molecule has 0 aliphatic rings. The number of methoxy groups -OCH3 is 2. The molecule has 0 unspecified atom stereocenters. The molecule has 0 N–H and O–H groups in total. The molecule has 2 aromatic carbocycles. The van der Waals surface area contributed by atoms with E-state index in [1.54, 1.807) is 24.3 Å². The zero-order chi connectivity index (χ0) is 18.4. The van der Waals surface area contributed by atoms with E-state index in [0.29, 0.717) is 22.6 Å². The highest BCUT2D eigenvalue weighted by Gasteiger charge is 2.19. The molecule has 0 bridgehead atoms. The average molecular weight is 361 g/mol. The first kappa shape index (κ1) is 18.5. The summed E-state index contributed by atoms with van der Waals surface area (Å²) in [6.45, 7) is 0. The zero-order valence-electron chi connectivity index (χ0n) is 13.7. The fraction of sp³-hybridized carbons (Fsp3) is 0.167. The molecule has 0 aliphatic carbocycles. The molecule has 0 fully saturated rings. The van der Waals surface area contributed by atoms with Gasteiger partial charge in [0.15, 0.2) is 9.84 Å². The van der Waals surface area contributed by atoms with Gasteiger partial charge in [-0.05, 0) is 41.5 Å².